The molecule has 1 fully saturated rings. The average Bonchev–Trinajstić information content (AvgIpc) is 3.44. The van der Waals surface area contributed by atoms with E-state index >= 15 is 0 Å². The van der Waals surface area contributed by atoms with Crippen molar-refractivity contribution in [1.82, 2.24) is 5.32 Å². The van der Waals surface area contributed by atoms with Crippen LogP contribution in [0.15, 0.2) is 42.5 Å². The number of methoxy groups -OCH3 is 2. The van der Waals surface area contributed by atoms with E-state index in [2.05, 4.69) is 36.5 Å². The lowest BCUT2D eigenvalue weighted by molar-refractivity contribution is -0.123. The topological polar surface area (TPSA) is 47.6 Å². The molecule has 1 aliphatic carbocycles. The normalized spacial score (nSPS) is 14.7. The maximum atomic E-state index is 12.7. The minimum atomic E-state index is -0.314. The SMILES string of the molecule is COc1ccc(CCNC(=O)C2(c3ccc(C)cc3)CC2)cc1OC. The highest BCUT2D eigenvalue weighted by molar-refractivity contribution is 5.91. The van der Waals surface area contributed by atoms with Gasteiger partial charge >= 0.3 is 0 Å². The number of hydrogen-bond acceptors (Lipinski definition) is 3. The van der Waals surface area contributed by atoms with Gasteiger partial charge in [0.1, 0.15) is 0 Å². The summed E-state index contributed by atoms with van der Waals surface area (Å²) in [4.78, 5) is 12.7. The molecule has 0 saturated heterocycles. The molecule has 1 aliphatic rings. The van der Waals surface area contributed by atoms with Crippen molar-refractivity contribution in [2.75, 3.05) is 20.8 Å². The molecule has 1 saturated carbocycles. The van der Waals surface area contributed by atoms with E-state index < -0.39 is 0 Å². The summed E-state index contributed by atoms with van der Waals surface area (Å²) in [7, 11) is 3.25. The number of aryl methyl sites for hydroxylation is 1. The molecule has 0 radical (unpaired) electrons. The van der Waals surface area contributed by atoms with Crippen LogP contribution in [0.2, 0.25) is 0 Å². The summed E-state index contributed by atoms with van der Waals surface area (Å²) in [6, 6.07) is 14.2. The van der Waals surface area contributed by atoms with Crippen molar-refractivity contribution in [3.8, 4) is 11.5 Å². The first-order valence-corrected chi connectivity index (χ1v) is 8.65. The Kier molecular flexibility index (Phi) is 4.98. The molecule has 0 unspecified atom stereocenters. The average molecular weight is 339 g/mol. The van der Waals surface area contributed by atoms with Crippen LogP contribution in [0.1, 0.15) is 29.5 Å². The van der Waals surface area contributed by atoms with Gasteiger partial charge < -0.3 is 14.8 Å². The molecule has 2 aromatic carbocycles. The van der Waals surface area contributed by atoms with Crippen molar-refractivity contribution < 1.29 is 14.3 Å². The summed E-state index contributed by atoms with van der Waals surface area (Å²) in [6.07, 6.45) is 2.62. The van der Waals surface area contributed by atoms with E-state index in [4.69, 9.17) is 9.47 Å². The van der Waals surface area contributed by atoms with Crippen molar-refractivity contribution in [2.45, 2.75) is 31.6 Å². The molecule has 4 heteroatoms. The third kappa shape index (κ3) is 3.63. The van der Waals surface area contributed by atoms with Gasteiger partial charge in [0, 0.05) is 6.54 Å². The Morgan fingerprint density at radius 1 is 1.04 bits per heavy atom. The van der Waals surface area contributed by atoms with Crippen LogP contribution in [0, 0.1) is 6.92 Å². The first-order valence-electron chi connectivity index (χ1n) is 8.65. The van der Waals surface area contributed by atoms with E-state index in [1.807, 2.05) is 18.2 Å². The van der Waals surface area contributed by atoms with Gasteiger partial charge in [-0.25, -0.2) is 0 Å². The molecule has 0 heterocycles. The lowest BCUT2D eigenvalue weighted by Crippen LogP contribution is -2.35. The van der Waals surface area contributed by atoms with Crippen molar-refractivity contribution in [1.29, 1.82) is 0 Å². The zero-order chi connectivity index (χ0) is 17.9. The van der Waals surface area contributed by atoms with E-state index in [0.717, 1.165) is 30.4 Å². The molecule has 0 spiro atoms. The van der Waals surface area contributed by atoms with Crippen LogP contribution in [0.5, 0.6) is 11.5 Å². The molecule has 1 N–H and O–H groups in total. The molecule has 3 rings (SSSR count). The van der Waals surface area contributed by atoms with Gasteiger partial charge in [-0.05, 0) is 49.4 Å². The Labute approximate surface area is 149 Å². The van der Waals surface area contributed by atoms with Gasteiger partial charge in [0.25, 0.3) is 0 Å². The van der Waals surface area contributed by atoms with E-state index in [-0.39, 0.29) is 11.3 Å². The zero-order valence-electron chi connectivity index (χ0n) is 15.1. The Bertz CT molecular complexity index is 748. The highest BCUT2D eigenvalue weighted by Gasteiger charge is 2.50. The van der Waals surface area contributed by atoms with Crippen LogP contribution in [0.4, 0.5) is 0 Å². The fraction of sp³-hybridized carbons (Fsp3) is 0.381. The number of carbonyl (C=O) groups excluding carboxylic acids is 1. The summed E-state index contributed by atoms with van der Waals surface area (Å²) in [5, 5.41) is 3.10. The van der Waals surface area contributed by atoms with Gasteiger partial charge in [0.05, 0.1) is 19.6 Å². The van der Waals surface area contributed by atoms with E-state index in [9.17, 15) is 4.79 Å². The predicted octanol–water partition coefficient (Wildman–Crippen LogP) is 3.40. The summed E-state index contributed by atoms with van der Waals surface area (Å²) in [5.41, 5.74) is 3.14. The molecule has 0 atom stereocenters. The maximum absolute atomic E-state index is 12.7. The number of carbonyl (C=O) groups is 1. The lowest BCUT2D eigenvalue weighted by atomic mass is 9.94. The van der Waals surface area contributed by atoms with Gasteiger partial charge in [-0.1, -0.05) is 35.9 Å². The fourth-order valence-corrected chi connectivity index (χ4v) is 3.17. The van der Waals surface area contributed by atoms with Crippen molar-refractivity contribution in [3.05, 3.63) is 59.2 Å². The number of nitrogens with one attached hydrogen (secondary N) is 1. The Balaban J connectivity index is 1.59. The molecular formula is C21H25NO3. The molecule has 1 amide bonds. The molecule has 2 aromatic rings. The van der Waals surface area contributed by atoms with Crippen LogP contribution in [-0.4, -0.2) is 26.7 Å². The second kappa shape index (κ2) is 7.18. The predicted molar refractivity (Wildman–Crippen MR) is 98.4 cm³/mol. The highest BCUT2D eigenvalue weighted by Crippen LogP contribution is 2.48. The summed E-state index contributed by atoms with van der Waals surface area (Å²) in [5.74, 6) is 1.56. The minimum Gasteiger partial charge on any atom is -0.493 e. The maximum Gasteiger partial charge on any atom is 0.230 e. The third-order valence-electron chi connectivity index (χ3n) is 4.94. The second-order valence-electron chi connectivity index (χ2n) is 6.64. The van der Waals surface area contributed by atoms with Gasteiger partial charge in [-0.15, -0.1) is 0 Å². The van der Waals surface area contributed by atoms with Crippen LogP contribution in [0.25, 0.3) is 0 Å². The second-order valence-corrected chi connectivity index (χ2v) is 6.64. The molecular weight excluding hydrogens is 314 g/mol. The Hall–Kier alpha value is -2.49. The number of hydrogen-bond donors (Lipinski definition) is 1. The number of rotatable bonds is 7. The standard InChI is InChI=1S/C21H25NO3/c1-15-4-7-17(8-5-15)21(11-12-21)20(23)22-13-10-16-6-9-18(24-2)19(14-16)25-3/h4-9,14H,10-13H2,1-3H3,(H,22,23). The molecule has 4 nitrogen and oxygen atoms in total. The lowest BCUT2D eigenvalue weighted by Gasteiger charge is -2.16. The van der Waals surface area contributed by atoms with E-state index in [1.165, 1.54) is 5.56 Å². The first kappa shape index (κ1) is 17.3. The largest absolute Gasteiger partial charge is 0.493 e. The van der Waals surface area contributed by atoms with Gasteiger partial charge in [-0.3, -0.25) is 4.79 Å². The summed E-state index contributed by atoms with van der Waals surface area (Å²) >= 11 is 0. The number of amides is 1. The Morgan fingerprint density at radius 2 is 1.72 bits per heavy atom. The summed E-state index contributed by atoms with van der Waals surface area (Å²) < 4.78 is 10.6. The molecule has 25 heavy (non-hydrogen) atoms. The number of ether oxygens (including phenoxy) is 2. The van der Waals surface area contributed by atoms with Gasteiger partial charge in [-0.2, -0.15) is 0 Å². The third-order valence-corrected chi connectivity index (χ3v) is 4.94. The van der Waals surface area contributed by atoms with Crippen LogP contribution >= 0.6 is 0 Å². The highest BCUT2D eigenvalue weighted by atomic mass is 16.5. The zero-order valence-corrected chi connectivity index (χ0v) is 15.1. The van der Waals surface area contributed by atoms with Crippen LogP contribution < -0.4 is 14.8 Å². The molecule has 0 aliphatic heterocycles. The van der Waals surface area contributed by atoms with Crippen LogP contribution in [-0.2, 0) is 16.6 Å². The minimum absolute atomic E-state index is 0.136. The molecule has 0 bridgehead atoms. The van der Waals surface area contributed by atoms with Crippen molar-refractivity contribution in [2.24, 2.45) is 0 Å². The fourth-order valence-electron chi connectivity index (χ4n) is 3.17. The van der Waals surface area contributed by atoms with Crippen LogP contribution in [0.3, 0.4) is 0 Å². The van der Waals surface area contributed by atoms with Gasteiger partial charge in [0.15, 0.2) is 11.5 Å². The first-order chi connectivity index (χ1) is 12.1. The molecule has 132 valence electrons. The van der Waals surface area contributed by atoms with E-state index in [0.29, 0.717) is 18.0 Å². The van der Waals surface area contributed by atoms with Crippen molar-refractivity contribution in [3.63, 3.8) is 0 Å². The Morgan fingerprint density at radius 3 is 2.32 bits per heavy atom. The van der Waals surface area contributed by atoms with Crippen molar-refractivity contribution >= 4 is 5.91 Å². The van der Waals surface area contributed by atoms with Gasteiger partial charge in [0.2, 0.25) is 5.91 Å². The number of benzene rings is 2. The quantitative estimate of drug-likeness (QED) is 0.841. The van der Waals surface area contributed by atoms with E-state index in [1.54, 1.807) is 14.2 Å². The molecule has 0 aromatic heterocycles. The smallest absolute Gasteiger partial charge is 0.230 e. The monoisotopic (exact) mass is 339 g/mol. The summed E-state index contributed by atoms with van der Waals surface area (Å²) in [6.45, 7) is 2.68.